The van der Waals surface area contributed by atoms with E-state index in [1.165, 1.54) is 0 Å². The number of hydrogen-bond acceptors (Lipinski definition) is 5. The standard InChI is InChI=1S/C16H15NO4/c17-12-3-1-2-4-14(12)21-10-13(18)11-5-6-15-16(9-11)20-8-7-19-15/h1-6,9H,7-8,10,17H2. The van der Waals surface area contributed by atoms with Crippen molar-refractivity contribution in [3.8, 4) is 17.2 Å². The second kappa shape index (κ2) is 5.75. The highest BCUT2D eigenvalue weighted by Gasteiger charge is 2.15. The molecule has 0 spiro atoms. The molecule has 2 aromatic rings. The van der Waals surface area contributed by atoms with Crippen LogP contribution in [0.3, 0.4) is 0 Å². The maximum absolute atomic E-state index is 12.2. The number of carbonyl (C=O) groups excluding carboxylic acids is 1. The van der Waals surface area contributed by atoms with Gasteiger partial charge in [0.15, 0.2) is 23.9 Å². The van der Waals surface area contributed by atoms with Crippen molar-refractivity contribution in [3.05, 3.63) is 48.0 Å². The fraction of sp³-hybridized carbons (Fsp3) is 0.188. The molecule has 0 bridgehead atoms. The molecule has 0 fully saturated rings. The molecule has 5 heteroatoms. The summed E-state index contributed by atoms with van der Waals surface area (Å²) in [4.78, 5) is 12.2. The van der Waals surface area contributed by atoms with Gasteiger partial charge >= 0.3 is 0 Å². The fourth-order valence-corrected chi connectivity index (χ4v) is 2.06. The van der Waals surface area contributed by atoms with Crippen LogP contribution < -0.4 is 19.9 Å². The molecule has 0 saturated heterocycles. The van der Waals surface area contributed by atoms with E-state index in [1.807, 2.05) is 6.07 Å². The van der Waals surface area contributed by atoms with Crippen LogP contribution in [0.5, 0.6) is 17.2 Å². The average molecular weight is 285 g/mol. The second-order valence-electron chi connectivity index (χ2n) is 4.61. The lowest BCUT2D eigenvalue weighted by Crippen LogP contribution is -2.17. The molecule has 5 nitrogen and oxygen atoms in total. The summed E-state index contributed by atoms with van der Waals surface area (Å²) in [5, 5.41) is 0. The summed E-state index contributed by atoms with van der Waals surface area (Å²) in [6.07, 6.45) is 0. The third kappa shape index (κ3) is 2.91. The second-order valence-corrected chi connectivity index (χ2v) is 4.61. The Hall–Kier alpha value is -2.69. The molecule has 3 rings (SSSR count). The number of carbonyl (C=O) groups is 1. The molecule has 1 aliphatic rings. The highest BCUT2D eigenvalue weighted by atomic mass is 16.6. The van der Waals surface area contributed by atoms with E-state index in [2.05, 4.69) is 0 Å². The molecule has 108 valence electrons. The maximum atomic E-state index is 12.2. The van der Waals surface area contributed by atoms with Gasteiger partial charge in [-0.3, -0.25) is 4.79 Å². The van der Waals surface area contributed by atoms with Gasteiger partial charge in [0.2, 0.25) is 0 Å². The molecular weight excluding hydrogens is 270 g/mol. The lowest BCUT2D eigenvalue weighted by Gasteiger charge is -2.18. The number of nitrogen functional groups attached to an aromatic ring is 1. The molecule has 1 heterocycles. The Balaban J connectivity index is 1.69. The minimum atomic E-state index is -0.143. The molecule has 0 amide bonds. The zero-order valence-corrected chi connectivity index (χ0v) is 11.4. The number of rotatable bonds is 4. The minimum Gasteiger partial charge on any atom is -0.486 e. The maximum Gasteiger partial charge on any atom is 0.200 e. The Labute approximate surface area is 122 Å². The average Bonchev–Trinajstić information content (AvgIpc) is 2.53. The topological polar surface area (TPSA) is 70.8 Å². The number of ketones is 1. The van der Waals surface area contributed by atoms with E-state index in [4.69, 9.17) is 19.9 Å². The summed E-state index contributed by atoms with van der Waals surface area (Å²) in [6.45, 7) is 0.937. The van der Waals surface area contributed by atoms with Crippen LogP contribution in [0.4, 0.5) is 5.69 Å². The zero-order valence-electron chi connectivity index (χ0n) is 11.4. The van der Waals surface area contributed by atoms with Crippen molar-refractivity contribution in [2.24, 2.45) is 0 Å². The van der Waals surface area contributed by atoms with Crippen molar-refractivity contribution in [2.75, 3.05) is 25.6 Å². The third-order valence-electron chi connectivity index (χ3n) is 3.14. The molecule has 2 N–H and O–H groups in total. The molecule has 0 atom stereocenters. The number of benzene rings is 2. The van der Waals surface area contributed by atoms with E-state index >= 15 is 0 Å². The predicted molar refractivity (Wildman–Crippen MR) is 78.1 cm³/mol. The Morgan fingerprint density at radius 1 is 1.10 bits per heavy atom. The lowest BCUT2D eigenvalue weighted by molar-refractivity contribution is 0.0921. The molecule has 2 aromatic carbocycles. The van der Waals surface area contributed by atoms with Gasteiger partial charge in [-0.2, -0.15) is 0 Å². The number of fused-ring (bicyclic) bond motifs is 1. The van der Waals surface area contributed by atoms with Crippen LogP contribution in [0.2, 0.25) is 0 Å². The highest BCUT2D eigenvalue weighted by Crippen LogP contribution is 2.31. The van der Waals surface area contributed by atoms with Crippen molar-refractivity contribution in [1.29, 1.82) is 0 Å². The highest BCUT2D eigenvalue weighted by molar-refractivity contribution is 5.98. The van der Waals surface area contributed by atoms with Gasteiger partial charge < -0.3 is 19.9 Å². The van der Waals surface area contributed by atoms with Gasteiger partial charge in [-0.05, 0) is 30.3 Å². The first-order chi connectivity index (χ1) is 10.2. The molecule has 0 aromatic heterocycles. The van der Waals surface area contributed by atoms with Gasteiger partial charge in [-0.1, -0.05) is 12.1 Å². The summed E-state index contributed by atoms with van der Waals surface area (Å²) in [6, 6.07) is 12.2. The molecular formula is C16H15NO4. The van der Waals surface area contributed by atoms with Gasteiger partial charge in [-0.15, -0.1) is 0 Å². The number of para-hydroxylation sites is 2. The van der Waals surface area contributed by atoms with E-state index in [-0.39, 0.29) is 12.4 Å². The first-order valence-electron chi connectivity index (χ1n) is 6.64. The van der Waals surface area contributed by atoms with E-state index < -0.39 is 0 Å². The molecule has 0 radical (unpaired) electrons. The molecule has 1 aliphatic heterocycles. The predicted octanol–water partition coefficient (Wildman–Crippen LogP) is 2.30. The number of nitrogens with two attached hydrogens (primary N) is 1. The van der Waals surface area contributed by atoms with Crippen molar-refractivity contribution in [2.45, 2.75) is 0 Å². The van der Waals surface area contributed by atoms with Crippen molar-refractivity contribution in [3.63, 3.8) is 0 Å². The Morgan fingerprint density at radius 3 is 2.67 bits per heavy atom. The van der Waals surface area contributed by atoms with Crippen molar-refractivity contribution >= 4 is 11.5 Å². The molecule has 21 heavy (non-hydrogen) atoms. The number of Topliss-reactive ketones (excluding diaryl/α,β-unsaturated/α-hetero) is 1. The summed E-state index contributed by atoms with van der Waals surface area (Å²) < 4.78 is 16.3. The molecule has 0 saturated carbocycles. The third-order valence-corrected chi connectivity index (χ3v) is 3.14. The minimum absolute atomic E-state index is 0.0755. The zero-order chi connectivity index (χ0) is 14.7. The van der Waals surface area contributed by atoms with E-state index in [0.29, 0.717) is 41.7 Å². The van der Waals surface area contributed by atoms with Crippen LogP contribution in [-0.4, -0.2) is 25.6 Å². The Kier molecular flexibility index (Phi) is 3.64. The first kappa shape index (κ1) is 13.3. The van der Waals surface area contributed by atoms with E-state index in [9.17, 15) is 4.79 Å². The normalized spacial score (nSPS) is 12.8. The summed E-state index contributed by atoms with van der Waals surface area (Å²) in [5.74, 6) is 1.61. The lowest BCUT2D eigenvalue weighted by atomic mass is 10.1. The Bertz CT molecular complexity index is 669. The number of anilines is 1. The first-order valence-corrected chi connectivity index (χ1v) is 6.64. The fourth-order valence-electron chi connectivity index (χ4n) is 2.06. The summed E-state index contributed by atoms with van der Waals surface area (Å²) in [7, 11) is 0. The van der Waals surface area contributed by atoms with Crippen LogP contribution in [0.25, 0.3) is 0 Å². The smallest absolute Gasteiger partial charge is 0.200 e. The van der Waals surface area contributed by atoms with Gasteiger partial charge in [-0.25, -0.2) is 0 Å². The molecule has 0 unspecified atom stereocenters. The van der Waals surface area contributed by atoms with Crippen LogP contribution in [-0.2, 0) is 0 Å². The summed E-state index contributed by atoms with van der Waals surface area (Å²) >= 11 is 0. The van der Waals surface area contributed by atoms with Crippen LogP contribution in [0.15, 0.2) is 42.5 Å². The van der Waals surface area contributed by atoms with Gasteiger partial charge in [0.1, 0.15) is 19.0 Å². The van der Waals surface area contributed by atoms with Gasteiger partial charge in [0, 0.05) is 5.56 Å². The van der Waals surface area contributed by atoms with Gasteiger partial charge in [0.25, 0.3) is 0 Å². The van der Waals surface area contributed by atoms with Crippen molar-refractivity contribution in [1.82, 2.24) is 0 Å². The number of ether oxygens (including phenoxy) is 3. The van der Waals surface area contributed by atoms with E-state index in [0.717, 1.165) is 0 Å². The summed E-state index contributed by atoms with van der Waals surface area (Å²) in [5.41, 5.74) is 6.79. The Morgan fingerprint density at radius 2 is 1.86 bits per heavy atom. The number of hydrogen-bond donors (Lipinski definition) is 1. The van der Waals surface area contributed by atoms with Crippen molar-refractivity contribution < 1.29 is 19.0 Å². The quantitative estimate of drug-likeness (QED) is 0.689. The monoisotopic (exact) mass is 285 g/mol. The largest absolute Gasteiger partial charge is 0.486 e. The van der Waals surface area contributed by atoms with Crippen LogP contribution >= 0.6 is 0 Å². The van der Waals surface area contributed by atoms with Crippen LogP contribution in [0, 0.1) is 0 Å². The SMILES string of the molecule is Nc1ccccc1OCC(=O)c1ccc2c(c1)OCCO2. The molecule has 0 aliphatic carbocycles. The van der Waals surface area contributed by atoms with E-state index in [1.54, 1.807) is 36.4 Å². The van der Waals surface area contributed by atoms with Crippen LogP contribution in [0.1, 0.15) is 10.4 Å². The van der Waals surface area contributed by atoms with Gasteiger partial charge in [0.05, 0.1) is 5.69 Å².